The lowest BCUT2D eigenvalue weighted by Crippen LogP contribution is -1.96. The summed E-state index contributed by atoms with van der Waals surface area (Å²) in [5.41, 5.74) is 0. The monoisotopic (exact) mass is 322 g/mol. The summed E-state index contributed by atoms with van der Waals surface area (Å²) in [4.78, 5) is 19.8. The Balaban J connectivity index is 0.000000568. The van der Waals surface area contributed by atoms with Crippen molar-refractivity contribution < 1.29 is 14.3 Å². The van der Waals surface area contributed by atoms with Crippen LogP contribution in [0.2, 0.25) is 0 Å². The summed E-state index contributed by atoms with van der Waals surface area (Å²) < 4.78 is 3.97. The summed E-state index contributed by atoms with van der Waals surface area (Å²) in [5, 5.41) is 0. The van der Waals surface area contributed by atoms with E-state index in [0.717, 1.165) is 12.2 Å². The van der Waals surface area contributed by atoms with Crippen LogP contribution in [0, 0.1) is 0 Å². The van der Waals surface area contributed by atoms with Crippen molar-refractivity contribution in [3.8, 4) is 0 Å². The van der Waals surface area contributed by atoms with Crippen LogP contribution in [0.4, 0.5) is 0 Å². The van der Waals surface area contributed by atoms with Crippen LogP contribution in [0.3, 0.4) is 0 Å². The summed E-state index contributed by atoms with van der Waals surface area (Å²) >= 11 is 0. The zero-order valence-electron chi connectivity index (χ0n) is 14.9. The van der Waals surface area contributed by atoms with E-state index in [1.165, 1.54) is 83.5 Å². The number of ether oxygens (including phenoxy) is 1. The number of hydrogen-bond acceptors (Lipinski definition) is 3. The first-order valence-corrected chi connectivity index (χ1v) is 9.25. The molecule has 23 heavy (non-hydrogen) atoms. The molecule has 1 heterocycles. The van der Waals surface area contributed by atoms with Crippen LogP contribution in [-0.4, -0.2) is 11.9 Å². The molecule has 0 aromatic heterocycles. The van der Waals surface area contributed by atoms with Gasteiger partial charge in [0.1, 0.15) is 0 Å². The van der Waals surface area contributed by atoms with Crippen molar-refractivity contribution in [2.45, 2.75) is 90.4 Å². The Bertz CT molecular complexity index is 329. The maximum absolute atomic E-state index is 9.92. The van der Waals surface area contributed by atoms with E-state index in [-0.39, 0.29) is 0 Å². The Hall–Kier alpha value is -1.38. The second kappa shape index (κ2) is 17.0. The molecule has 0 aromatic carbocycles. The first-order chi connectivity index (χ1) is 11.2. The highest BCUT2D eigenvalue weighted by atomic mass is 16.6. The number of allylic oxidation sites excluding steroid dienone is 1. The molecule has 132 valence electrons. The fraction of sp³-hybridized carbons (Fsp3) is 0.700. The number of hydrogen-bond donors (Lipinski definition) is 0. The van der Waals surface area contributed by atoms with Gasteiger partial charge in [0.2, 0.25) is 0 Å². The summed E-state index contributed by atoms with van der Waals surface area (Å²) in [6.45, 7) is 6.03. The number of cyclic esters (lactones) is 2. The van der Waals surface area contributed by atoms with Crippen molar-refractivity contribution in [1.29, 1.82) is 0 Å². The van der Waals surface area contributed by atoms with E-state index < -0.39 is 11.9 Å². The summed E-state index contributed by atoms with van der Waals surface area (Å²) in [6, 6.07) is 0. The van der Waals surface area contributed by atoms with Crippen LogP contribution in [0.25, 0.3) is 0 Å². The van der Waals surface area contributed by atoms with Crippen molar-refractivity contribution in [2.24, 2.45) is 0 Å². The van der Waals surface area contributed by atoms with Gasteiger partial charge >= 0.3 is 11.9 Å². The van der Waals surface area contributed by atoms with Gasteiger partial charge in [0.15, 0.2) is 0 Å². The standard InChI is InChI=1S/C16H32.C4H2O3/c1-3-5-7-9-11-13-15-16-14-12-10-8-6-4-2;5-3-1-2-4(6)7-3/h3H,1,4-16H2,2H3;1-2H. The predicted octanol–water partition coefficient (Wildman–Crippen LogP) is 5.89. The van der Waals surface area contributed by atoms with Gasteiger partial charge in [-0.05, 0) is 12.8 Å². The molecule has 0 saturated carbocycles. The molecule has 0 amide bonds. The van der Waals surface area contributed by atoms with Gasteiger partial charge in [-0.1, -0.05) is 83.6 Å². The maximum Gasteiger partial charge on any atom is 0.338 e. The molecule has 1 aliphatic rings. The van der Waals surface area contributed by atoms with Crippen molar-refractivity contribution in [3.63, 3.8) is 0 Å². The van der Waals surface area contributed by atoms with Gasteiger partial charge in [0.25, 0.3) is 0 Å². The number of esters is 2. The van der Waals surface area contributed by atoms with Crippen LogP contribution < -0.4 is 0 Å². The molecule has 1 rings (SSSR count). The number of unbranched alkanes of at least 4 members (excludes halogenated alkanes) is 12. The summed E-state index contributed by atoms with van der Waals surface area (Å²) in [7, 11) is 0. The molecule has 0 aromatic rings. The van der Waals surface area contributed by atoms with E-state index in [4.69, 9.17) is 0 Å². The largest absolute Gasteiger partial charge is 0.387 e. The van der Waals surface area contributed by atoms with Gasteiger partial charge in [0, 0.05) is 12.2 Å². The highest BCUT2D eigenvalue weighted by Crippen LogP contribution is 2.12. The van der Waals surface area contributed by atoms with Crippen molar-refractivity contribution >= 4 is 11.9 Å². The first kappa shape index (κ1) is 21.6. The van der Waals surface area contributed by atoms with Crippen LogP contribution >= 0.6 is 0 Å². The van der Waals surface area contributed by atoms with E-state index in [1.807, 2.05) is 6.08 Å². The predicted molar refractivity (Wildman–Crippen MR) is 96.1 cm³/mol. The van der Waals surface area contributed by atoms with E-state index in [0.29, 0.717) is 0 Å². The lowest BCUT2D eigenvalue weighted by Gasteiger charge is -2.02. The Kier molecular flexibility index (Phi) is 16.0. The van der Waals surface area contributed by atoms with Crippen LogP contribution in [-0.2, 0) is 14.3 Å². The topological polar surface area (TPSA) is 43.4 Å². The molecule has 0 N–H and O–H groups in total. The van der Waals surface area contributed by atoms with E-state index in [9.17, 15) is 9.59 Å². The van der Waals surface area contributed by atoms with Crippen LogP contribution in [0.1, 0.15) is 90.4 Å². The molecule has 0 bridgehead atoms. The van der Waals surface area contributed by atoms with Gasteiger partial charge in [-0.15, -0.1) is 6.58 Å². The van der Waals surface area contributed by atoms with Crippen molar-refractivity contribution in [1.82, 2.24) is 0 Å². The SMILES string of the molecule is C=CCCCCCCCCCCCCCC.O=C1C=CC(=O)O1. The Morgan fingerprint density at radius 1 is 0.783 bits per heavy atom. The van der Waals surface area contributed by atoms with Crippen molar-refractivity contribution in [2.75, 3.05) is 0 Å². The Labute approximate surface area is 142 Å². The molecule has 0 saturated heterocycles. The smallest absolute Gasteiger partial charge is 0.338 e. The van der Waals surface area contributed by atoms with Gasteiger partial charge in [-0.3, -0.25) is 0 Å². The minimum absolute atomic E-state index is 0.579. The molecule has 0 aliphatic carbocycles. The third kappa shape index (κ3) is 16.8. The second-order valence-electron chi connectivity index (χ2n) is 6.04. The average molecular weight is 322 g/mol. The third-order valence-electron chi connectivity index (χ3n) is 3.82. The van der Waals surface area contributed by atoms with E-state index in [1.54, 1.807) is 0 Å². The number of carbonyl (C=O) groups is 2. The van der Waals surface area contributed by atoms with Crippen LogP contribution in [0.15, 0.2) is 24.8 Å². The van der Waals surface area contributed by atoms with Crippen LogP contribution in [0.5, 0.6) is 0 Å². The lowest BCUT2D eigenvalue weighted by molar-refractivity contribution is -0.150. The molecular formula is C20H34O3. The minimum Gasteiger partial charge on any atom is -0.387 e. The quantitative estimate of drug-likeness (QED) is 0.184. The number of carbonyl (C=O) groups excluding carboxylic acids is 2. The maximum atomic E-state index is 9.92. The molecule has 3 nitrogen and oxygen atoms in total. The Morgan fingerprint density at radius 2 is 1.17 bits per heavy atom. The molecule has 3 heteroatoms. The third-order valence-corrected chi connectivity index (χ3v) is 3.82. The molecular weight excluding hydrogens is 288 g/mol. The van der Waals surface area contributed by atoms with E-state index in [2.05, 4.69) is 18.2 Å². The zero-order chi connectivity index (χ0) is 17.2. The first-order valence-electron chi connectivity index (χ1n) is 9.25. The molecule has 0 radical (unpaired) electrons. The molecule has 0 unspecified atom stereocenters. The Morgan fingerprint density at radius 3 is 1.48 bits per heavy atom. The van der Waals surface area contributed by atoms with Crippen molar-refractivity contribution in [3.05, 3.63) is 24.8 Å². The second-order valence-corrected chi connectivity index (χ2v) is 6.04. The van der Waals surface area contributed by atoms with Gasteiger partial charge in [-0.2, -0.15) is 0 Å². The summed E-state index contributed by atoms with van der Waals surface area (Å²) in [6.07, 6.45) is 22.6. The molecule has 0 fully saturated rings. The van der Waals surface area contributed by atoms with Gasteiger partial charge in [-0.25, -0.2) is 9.59 Å². The van der Waals surface area contributed by atoms with Gasteiger partial charge in [0.05, 0.1) is 0 Å². The fourth-order valence-corrected chi connectivity index (χ4v) is 2.43. The molecule has 1 aliphatic heterocycles. The van der Waals surface area contributed by atoms with E-state index >= 15 is 0 Å². The highest BCUT2D eigenvalue weighted by Gasteiger charge is 2.10. The zero-order valence-corrected chi connectivity index (χ0v) is 14.9. The molecule has 0 atom stereocenters. The minimum atomic E-state index is -0.579. The fourth-order valence-electron chi connectivity index (χ4n) is 2.43. The average Bonchev–Trinajstić information content (AvgIpc) is 2.92. The summed E-state index contributed by atoms with van der Waals surface area (Å²) in [5.74, 6) is -1.16. The normalized spacial score (nSPS) is 12.7. The number of rotatable bonds is 13. The van der Waals surface area contributed by atoms with Gasteiger partial charge < -0.3 is 4.74 Å². The highest BCUT2D eigenvalue weighted by molar-refractivity contribution is 6.04. The molecule has 0 spiro atoms. The lowest BCUT2D eigenvalue weighted by atomic mass is 10.0.